The molecule has 0 saturated carbocycles. The Morgan fingerprint density at radius 2 is 1.88 bits per heavy atom. The number of carbonyl (C=O) groups is 1. The molecule has 0 spiro atoms. The molecule has 0 bridgehead atoms. The molecule has 0 radical (unpaired) electrons. The molecule has 6 nitrogen and oxygen atoms in total. The Kier molecular flexibility index (Phi) is 4.28. The first-order valence-corrected chi connectivity index (χ1v) is 8.60. The highest BCUT2D eigenvalue weighted by molar-refractivity contribution is 5.77. The molecule has 0 aliphatic carbocycles. The molecule has 1 fully saturated rings. The maximum atomic E-state index is 12.0. The second-order valence-corrected chi connectivity index (χ2v) is 6.40. The van der Waals surface area contributed by atoms with Crippen molar-refractivity contribution in [1.29, 1.82) is 0 Å². The SMILES string of the molecule is O=C(O)[C@H](c1cccc2c1OCC2)N1CCN(c2ccncc2)CC1. The van der Waals surface area contributed by atoms with Crippen molar-refractivity contribution in [2.75, 3.05) is 37.7 Å². The van der Waals surface area contributed by atoms with Gasteiger partial charge in [-0.1, -0.05) is 18.2 Å². The van der Waals surface area contributed by atoms with Crippen molar-refractivity contribution in [3.8, 4) is 5.75 Å². The van der Waals surface area contributed by atoms with Crippen LogP contribution in [0.5, 0.6) is 5.75 Å². The van der Waals surface area contributed by atoms with Crippen LogP contribution in [0.1, 0.15) is 17.2 Å². The zero-order chi connectivity index (χ0) is 17.2. The largest absolute Gasteiger partial charge is 0.493 e. The van der Waals surface area contributed by atoms with Crippen molar-refractivity contribution < 1.29 is 14.6 Å². The Labute approximate surface area is 146 Å². The lowest BCUT2D eigenvalue weighted by molar-refractivity contribution is -0.143. The Balaban J connectivity index is 1.54. The average molecular weight is 339 g/mol. The van der Waals surface area contributed by atoms with Crippen LogP contribution in [0.15, 0.2) is 42.7 Å². The van der Waals surface area contributed by atoms with Gasteiger partial charge in [-0.25, -0.2) is 0 Å². The Morgan fingerprint density at radius 1 is 1.12 bits per heavy atom. The molecule has 1 aromatic carbocycles. The summed E-state index contributed by atoms with van der Waals surface area (Å²) in [5, 5.41) is 9.87. The van der Waals surface area contributed by atoms with E-state index in [-0.39, 0.29) is 0 Å². The number of anilines is 1. The fraction of sp³-hybridized carbons (Fsp3) is 0.368. The highest BCUT2D eigenvalue weighted by atomic mass is 16.5. The minimum Gasteiger partial charge on any atom is -0.493 e. The third-order valence-corrected chi connectivity index (χ3v) is 4.98. The fourth-order valence-corrected chi connectivity index (χ4v) is 3.74. The molecule has 4 rings (SSSR count). The minimum absolute atomic E-state index is 0.633. The van der Waals surface area contributed by atoms with Gasteiger partial charge >= 0.3 is 5.97 Å². The molecule has 1 atom stereocenters. The molecular formula is C19H21N3O3. The third-order valence-electron chi connectivity index (χ3n) is 4.98. The monoisotopic (exact) mass is 339 g/mol. The smallest absolute Gasteiger partial charge is 0.325 e. The van der Waals surface area contributed by atoms with E-state index in [0.29, 0.717) is 19.7 Å². The van der Waals surface area contributed by atoms with E-state index >= 15 is 0 Å². The first-order chi connectivity index (χ1) is 12.2. The van der Waals surface area contributed by atoms with E-state index < -0.39 is 12.0 Å². The molecule has 0 unspecified atom stereocenters. The number of ether oxygens (including phenoxy) is 1. The van der Waals surface area contributed by atoms with Crippen molar-refractivity contribution in [2.24, 2.45) is 0 Å². The minimum atomic E-state index is -0.818. The molecular weight excluding hydrogens is 318 g/mol. The van der Waals surface area contributed by atoms with E-state index in [9.17, 15) is 9.90 Å². The van der Waals surface area contributed by atoms with Gasteiger partial charge in [0.1, 0.15) is 11.8 Å². The summed E-state index contributed by atoms with van der Waals surface area (Å²) in [7, 11) is 0. The van der Waals surface area contributed by atoms with Gasteiger partial charge in [0.05, 0.1) is 6.61 Å². The lowest BCUT2D eigenvalue weighted by Gasteiger charge is -2.39. The molecule has 1 N–H and O–H groups in total. The molecule has 0 amide bonds. The number of carboxylic acids is 1. The van der Waals surface area contributed by atoms with Crippen LogP contribution >= 0.6 is 0 Å². The number of aromatic nitrogens is 1. The summed E-state index contributed by atoms with van der Waals surface area (Å²) in [6.45, 7) is 3.62. The van der Waals surface area contributed by atoms with Crippen LogP contribution in [0.4, 0.5) is 5.69 Å². The van der Waals surface area contributed by atoms with Crippen LogP contribution in [0, 0.1) is 0 Å². The number of pyridine rings is 1. The van der Waals surface area contributed by atoms with E-state index in [1.165, 1.54) is 0 Å². The first kappa shape index (κ1) is 15.9. The van der Waals surface area contributed by atoms with Crippen LogP contribution in [0.2, 0.25) is 0 Å². The van der Waals surface area contributed by atoms with Crippen molar-refractivity contribution in [3.63, 3.8) is 0 Å². The van der Waals surface area contributed by atoms with Gasteiger partial charge in [0, 0.05) is 56.2 Å². The number of benzene rings is 1. The third kappa shape index (κ3) is 3.05. The summed E-state index contributed by atoms with van der Waals surface area (Å²) in [5.74, 6) is -0.0484. The summed E-state index contributed by atoms with van der Waals surface area (Å²) in [4.78, 5) is 20.4. The predicted molar refractivity (Wildman–Crippen MR) is 94.0 cm³/mol. The number of hydrogen-bond donors (Lipinski definition) is 1. The standard InChI is InChI=1S/C19H21N3O3/c23-19(24)17(16-3-1-2-14-6-13-25-18(14)16)22-11-9-21(10-12-22)15-4-7-20-8-5-15/h1-5,7-8,17H,6,9-13H2,(H,23,24)/t17-/m0/s1. The quantitative estimate of drug-likeness (QED) is 0.919. The lowest BCUT2D eigenvalue weighted by Crippen LogP contribution is -2.49. The van der Waals surface area contributed by atoms with E-state index in [1.54, 1.807) is 12.4 Å². The summed E-state index contributed by atoms with van der Waals surface area (Å²) in [6.07, 6.45) is 4.42. The lowest BCUT2D eigenvalue weighted by atomic mass is 10.00. The van der Waals surface area contributed by atoms with Crippen molar-refractivity contribution in [3.05, 3.63) is 53.9 Å². The molecule has 2 aromatic rings. The van der Waals surface area contributed by atoms with Gasteiger partial charge in [-0.3, -0.25) is 14.7 Å². The Bertz CT molecular complexity index is 758. The number of nitrogens with zero attached hydrogens (tertiary/aromatic N) is 3. The average Bonchev–Trinajstić information content (AvgIpc) is 3.13. The molecule has 130 valence electrons. The van der Waals surface area contributed by atoms with Gasteiger partial charge in [-0.15, -0.1) is 0 Å². The van der Waals surface area contributed by atoms with Gasteiger partial charge < -0.3 is 14.7 Å². The second kappa shape index (κ2) is 6.72. The van der Waals surface area contributed by atoms with Crippen LogP contribution < -0.4 is 9.64 Å². The maximum absolute atomic E-state index is 12.0. The number of piperazine rings is 1. The maximum Gasteiger partial charge on any atom is 0.325 e. The van der Waals surface area contributed by atoms with Crippen molar-refractivity contribution in [1.82, 2.24) is 9.88 Å². The molecule has 1 aromatic heterocycles. The van der Waals surface area contributed by atoms with Gasteiger partial charge in [-0.05, 0) is 17.7 Å². The highest BCUT2D eigenvalue weighted by Crippen LogP contribution is 2.36. The van der Waals surface area contributed by atoms with E-state index in [4.69, 9.17) is 4.74 Å². The fourth-order valence-electron chi connectivity index (χ4n) is 3.74. The second-order valence-electron chi connectivity index (χ2n) is 6.40. The molecule has 25 heavy (non-hydrogen) atoms. The molecule has 6 heteroatoms. The van der Waals surface area contributed by atoms with Gasteiger partial charge in [0.2, 0.25) is 0 Å². The molecule has 1 saturated heterocycles. The normalized spacial score (nSPS) is 18.5. The van der Waals surface area contributed by atoms with E-state index in [0.717, 1.165) is 42.1 Å². The van der Waals surface area contributed by atoms with Gasteiger partial charge in [0.15, 0.2) is 0 Å². The topological polar surface area (TPSA) is 65.9 Å². The van der Waals surface area contributed by atoms with E-state index in [1.807, 2.05) is 35.2 Å². The number of aliphatic carboxylic acids is 1. The molecule has 2 aliphatic heterocycles. The predicted octanol–water partition coefficient (Wildman–Crippen LogP) is 1.96. The Hall–Kier alpha value is -2.60. The number of carboxylic acid groups (broad SMARTS) is 1. The molecule has 2 aliphatic rings. The summed E-state index contributed by atoms with van der Waals surface area (Å²) in [5.41, 5.74) is 3.02. The van der Waals surface area contributed by atoms with Crippen molar-refractivity contribution in [2.45, 2.75) is 12.5 Å². The van der Waals surface area contributed by atoms with E-state index in [2.05, 4.69) is 9.88 Å². The zero-order valence-corrected chi connectivity index (χ0v) is 14.0. The summed E-state index contributed by atoms with van der Waals surface area (Å²) >= 11 is 0. The van der Waals surface area contributed by atoms with Gasteiger partial charge in [0.25, 0.3) is 0 Å². The summed E-state index contributed by atoms with van der Waals surface area (Å²) < 4.78 is 5.73. The van der Waals surface area contributed by atoms with Crippen molar-refractivity contribution >= 4 is 11.7 Å². The summed E-state index contributed by atoms with van der Waals surface area (Å²) in [6, 6.07) is 9.16. The highest BCUT2D eigenvalue weighted by Gasteiger charge is 2.34. The molecule has 3 heterocycles. The zero-order valence-electron chi connectivity index (χ0n) is 14.0. The number of para-hydroxylation sites is 1. The first-order valence-electron chi connectivity index (χ1n) is 8.60. The van der Waals surface area contributed by atoms with Crippen LogP contribution in [-0.4, -0.2) is 53.7 Å². The van der Waals surface area contributed by atoms with Crippen LogP contribution in [0.25, 0.3) is 0 Å². The van der Waals surface area contributed by atoms with Gasteiger partial charge in [-0.2, -0.15) is 0 Å². The number of rotatable bonds is 4. The Morgan fingerprint density at radius 3 is 2.60 bits per heavy atom. The number of fused-ring (bicyclic) bond motifs is 1. The van der Waals surface area contributed by atoms with Crippen LogP contribution in [-0.2, 0) is 11.2 Å². The number of hydrogen-bond acceptors (Lipinski definition) is 5. The van der Waals surface area contributed by atoms with Crippen LogP contribution in [0.3, 0.4) is 0 Å².